The highest BCUT2D eigenvalue weighted by molar-refractivity contribution is 7.92. The number of nitrogens with two attached hydrogens (primary N) is 1. The SMILES string of the molecule is COc1ccc(CNC(=O)c2ccccc2S(=O)(=O)Nc2cc(C(=O)N3CCC(c4ccc(N)cc4)CC3)ccc2C)c(OC)c1. The first kappa shape index (κ1) is 32.4. The van der Waals surface area contributed by atoms with E-state index >= 15 is 0 Å². The van der Waals surface area contributed by atoms with E-state index in [0.717, 1.165) is 18.5 Å². The van der Waals surface area contributed by atoms with Crippen LogP contribution in [0.25, 0.3) is 0 Å². The van der Waals surface area contributed by atoms with Crippen LogP contribution in [0.4, 0.5) is 11.4 Å². The van der Waals surface area contributed by atoms with Crippen LogP contribution in [-0.2, 0) is 16.6 Å². The van der Waals surface area contributed by atoms with Crippen molar-refractivity contribution in [3.05, 3.63) is 113 Å². The molecule has 1 aliphatic rings. The molecule has 0 atom stereocenters. The Morgan fingerprint density at radius 2 is 1.63 bits per heavy atom. The minimum Gasteiger partial charge on any atom is -0.497 e. The molecule has 0 unspecified atom stereocenters. The Balaban J connectivity index is 1.29. The van der Waals surface area contributed by atoms with Crippen LogP contribution in [0.3, 0.4) is 0 Å². The summed E-state index contributed by atoms with van der Waals surface area (Å²) in [6.45, 7) is 3.04. The van der Waals surface area contributed by atoms with Gasteiger partial charge in [-0.15, -0.1) is 0 Å². The molecule has 1 heterocycles. The van der Waals surface area contributed by atoms with Crippen molar-refractivity contribution in [1.29, 1.82) is 0 Å². The Kier molecular flexibility index (Phi) is 9.81. The molecule has 1 fully saturated rings. The van der Waals surface area contributed by atoms with E-state index in [1.807, 2.05) is 24.3 Å². The molecular formula is C35H38N4O6S. The number of nitrogens with one attached hydrogen (secondary N) is 2. The van der Waals surface area contributed by atoms with Gasteiger partial charge in [-0.3, -0.25) is 14.3 Å². The highest BCUT2D eigenvalue weighted by Crippen LogP contribution is 2.30. The summed E-state index contributed by atoms with van der Waals surface area (Å²) in [4.78, 5) is 28.3. The largest absolute Gasteiger partial charge is 0.497 e. The van der Waals surface area contributed by atoms with E-state index < -0.39 is 15.9 Å². The summed E-state index contributed by atoms with van der Waals surface area (Å²) in [5.74, 6) is 0.750. The van der Waals surface area contributed by atoms with Gasteiger partial charge in [-0.1, -0.05) is 30.3 Å². The van der Waals surface area contributed by atoms with Gasteiger partial charge in [-0.25, -0.2) is 8.42 Å². The van der Waals surface area contributed by atoms with Crippen molar-refractivity contribution in [3.63, 3.8) is 0 Å². The van der Waals surface area contributed by atoms with Gasteiger partial charge in [0.05, 0.1) is 25.5 Å². The van der Waals surface area contributed by atoms with E-state index in [1.165, 1.54) is 24.8 Å². The van der Waals surface area contributed by atoms with Crippen molar-refractivity contribution in [2.45, 2.75) is 37.1 Å². The highest BCUT2D eigenvalue weighted by Gasteiger charge is 2.27. The van der Waals surface area contributed by atoms with Gasteiger partial charge in [-0.05, 0) is 85.3 Å². The number of anilines is 2. The van der Waals surface area contributed by atoms with Crippen molar-refractivity contribution >= 4 is 33.2 Å². The lowest BCUT2D eigenvalue weighted by Crippen LogP contribution is -2.38. The van der Waals surface area contributed by atoms with Gasteiger partial charge in [0.2, 0.25) is 0 Å². The number of ether oxygens (including phenoxy) is 2. The standard InChI is InChI=1S/C35H38N4O6S/c1-23-8-9-26(35(41)39-18-16-25(17-19-39)24-10-13-28(36)14-11-24)20-31(23)38-46(42,43)33-7-5-4-6-30(33)34(40)37-22-27-12-15-29(44-2)21-32(27)45-3/h4-15,20-21,25,38H,16-19,22,36H2,1-3H3,(H,37,40). The lowest BCUT2D eigenvalue weighted by molar-refractivity contribution is 0.0713. The van der Waals surface area contributed by atoms with E-state index in [0.29, 0.717) is 47.2 Å². The summed E-state index contributed by atoms with van der Waals surface area (Å²) in [6, 6.07) is 24.0. The Bertz CT molecular complexity index is 1830. The van der Waals surface area contributed by atoms with Gasteiger partial charge in [-0.2, -0.15) is 0 Å². The van der Waals surface area contributed by atoms with Crippen molar-refractivity contribution in [1.82, 2.24) is 10.2 Å². The summed E-state index contributed by atoms with van der Waals surface area (Å²) >= 11 is 0. The third-order valence-corrected chi connectivity index (χ3v) is 9.70. The van der Waals surface area contributed by atoms with E-state index in [2.05, 4.69) is 10.0 Å². The van der Waals surface area contributed by atoms with Crippen LogP contribution in [0.5, 0.6) is 11.5 Å². The normalized spacial score (nSPS) is 13.6. The molecule has 1 aliphatic heterocycles. The number of hydrogen-bond donors (Lipinski definition) is 3. The predicted molar refractivity (Wildman–Crippen MR) is 178 cm³/mol. The van der Waals surface area contributed by atoms with Crippen molar-refractivity contribution < 1.29 is 27.5 Å². The summed E-state index contributed by atoms with van der Waals surface area (Å²) < 4.78 is 40.6. The maximum absolute atomic E-state index is 13.7. The number of hydrogen-bond acceptors (Lipinski definition) is 7. The molecule has 0 saturated carbocycles. The van der Waals surface area contributed by atoms with Gasteiger partial charge in [0.25, 0.3) is 21.8 Å². The third-order valence-electron chi connectivity index (χ3n) is 8.27. The highest BCUT2D eigenvalue weighted by atomic mass is 32.2. The first-order valence-corrected chi connectivity index (χ1v) is 16.4. The van der Waals surface area contributed by atoms with Crippen LogP contribution < -0.4 is 25.2 Å². The fraction of sp³-hybridized carbons (Fsp3) is 0.257. The van der Waals surface area contributed by atoms with Gasteiger partial charge in [0, 0.05) is 42.5 Å². The molecule has 4 N–H and O–H groups in total. The molecule has 1 saturated heterocycles. The number of methoxy groups -OCH3 is 2. The molecule has 5 rings (SSSR count). The molecule has 46 heavy (non-hydrogen) atoms. The maximum atomic E-state index is 13.7. The number of sulfonamides is 1. The Labute approximate surface area is 269 Å². The Morgan fingerprint density at radius 1 is 0.913 bits per heavy atom. The summed E-state index contributed by atoms with van der Waals surface area (Å²) in [7, 11) is -1.15. The van der Waals surface area contributed by atoms with Crippen molar-refractivity contribution in [2.24, 2.45) is 0 Å². The number of piperidine rings is 1. The van der Waals surface area contributed by atoms with Crippen LogP contribution in [0.2, 0.25) is 0 Å². The lowest BCUT2D eigenvalue weighted by Gasteiger charge is -2.32. The zero-order valence-electron chi connectivity index (χ0n) is 26.1. The second-order valence-corrected chi connectivity index (χ2v) is 12.9. The number of amides is 2. The van der Waals surface area contributed by atoms with Crippen LogP contribution in [0.1, 0.15) is 56.2 Å². The molecule has 240 valence electrons. The predicted octanol–water partition coefficient (Wildman–Crippen LogP) is 5.35. The number of rotatable bonds is 10. The molecule has 0 bridgehead atoms. The molecule has 4 aromatic carbocycles. The number of nitrogens with zero attached hydrogens (tertiary/aromatic N) is 1. The van der Waals surface area contributed by atoms with Crippen LogP contribution in [-0.4, -0.2) is 52.4 Å². The number of aryl methyl sites for hydroxylation is 1. The molecule has 0 aliphatic carbocycles. The smallest absolute Gasteiger partial charge is 0.262 e. The van der Waals surface area contributed by atoms with E-state index in [4.69, 9.17) is 15.2 Å². The topological polar surface area (TPSA) is 140 Å². The third kappa shape index (κ3) is 7.26. The minimum atomic E-state index is -4.21. The Hall–Kier alpha value is -5.03. The minimum absolute atomic E-state index is 0.0173. The number of nitrogen functional groups attached to an aromatic ring is 1. The maximum Gasteiger partial charge on any atom is 0.262 e. The fourth-order valence-corrected chi connectivity index (χ4v) is 6.92. The van der Waals surface area contributed by atoms with E-state index in [-0.39, 0.29) is 28.6 Å². The number of carbonyl (C=O) groups excluding carboxylic acids is 2. The molecule has 0 aromatic heterocycles. The summed E-state index contributed by atoms with van der Waals surface area (Å²) in [6.07, 6.45) is 1.65. The van der Waals surface area contributed by atoms with Gasteiger partial charge < -0.3 is 25.4 Å². The molecule has 0 radical (unpaired) electrons. The fourth-order valence-electron chi connectivity index (χ4n) is 5.59. The molecule has 11 heteroatoms. The molecule has 0 spiro atoms. The van der Waals surface area contributed by atoms with Crippen LogP contribution in [0, 0.1) is 6.92 Å². The summed E-state index contributed by atoms with van der Waals surface area (Å²) in [5.41, 5.74) is 9.72. The van der Waals surface area contributed by atoms with Crippen molar-refractivity contribution in [2.75, 3.05) is 37.8 Å². The Morgan fingerprint density at radius 3 is 2.33 bits per heavy atom. The van der Waals surface area contributed by atoms with Gasteiger partial charge >= 0.3 is 0 Å². The zero-order chi connectivity index (χ0) is 32.8. The zero-order valence-corrected chi connectivity index (χ0v) is 26.9. The lowest BCUT2D eigenvalue weighted by atomic mass is 9.89. The average Bonchev–Trinajstić information content (AvgIpc) is 3.08. The first-order chi connectivity index (χ1) is 22.1. The van der Waals surface area contributed by atoms with Gasteiger partial charge in [0.1, 0.15) is 16.4 Å². The number of likely N-dealkylation sites (tertiary alicyclic amines) is 1. The quantitative estimate of drug-likeness (QED) is 0.198. The van der Waals surface area contributed by atoms with Gasteiger partial charge in [0.15, 0.2) is 0 Å². The first-order valence-electron chi connectivity index (χ1n) is 15.0. The molecule has 4 aromatic rings. The second-order valence-electron chi connectivity index (χ2n) is 11.2. The molecule has 10 nitrogen and oxygen atoms in total. The van der Waals surface area contributed by atoms with Crippen molar-refractivity contribution in [3.8, 4) is 11.5 Å². The van der Waals surface area contributed by atoms with Crippen LogP contribution in [0.15, 0.2) is 89.8 Å². The second kappa shape index (κ2) is 13.9. The number of benzene rings is 4. The van der Waals surface area contributed by atoms with E-state index in [1.54, 1.807) is 67.5 Å². The monoisotopic (exact) mass is 642 g/mol. The molecule has 2 amide bonds. The number of carbonyl (C=O) groups is 2. The van der Waals surface area contributed by atoms with E-state index in [9.17, 15) is 18.0 Å². The molecular weight excluding hydrogens is 604 g/mol. The average molecular weight is 643 g/mol. The van der Waals surface area contributed by atoms with Crippen LogP contribution >= 0.6 is 0 Å². The summed E-state index contributed by atoms with van der Waals surface area (Å²) in [5, 5.41) is 2.78.